The van der Waals surface area contributed by atoms with E-state index in [0.717, 1.165) is 11.1 Å². The lowest BCUT2D eigenvalue weighted by molar-refractivity contribution is -0.384. The van der Waals surface area contributed by atoms with Crippen LogP contribution in [-0.2, 0) is 4.74 Å². The third-order valence-corrected chi connectivity index (χ3v) is 3.57. The number of methoxy groups -OCH3 is 1. The first-order valence-electron chi connectivity index (χ1n) is 6.86. The molecule has 0 saturated carbocycles. The summed E-state index contributed by atoms with van der Waals surface area (Å²) < 4.78 is 11.4. The number of hydrogen-bond donors (Lipinski definition) is 0. The van der Waals surface area contributed by atoms with E-state index in [0.29, 0.717) is 16.7 Å². The van der Waals surface area contributed by atoms with Gasteiger partial charge in [0, 0.05) is 24.6 Å². The van der Waals surface area contributed by atoms with E-state index >= 15 is 0 Å². The molecule has 0 aliphatic carbocycles. The number of aryl methyl sites for hydroxylation is 1. The molecule has 1 atom stereocenters. The van der Waals surface area contributed by atoms with Crippen molar-refractivity contribution in [1.82, 2.24) is 0 Å². The summed E-state index contributed by atoms with van der Waals surface area (Å²) >= 11 is 0. The first-order chi connectivity index (χ1) is 10.6. The van der Waals surface area contributed by atoms with Gasteiger partial charge in [-0.2, -0.15) is 0 Å². The molecule has 0 spiro atoms. The van der Waals surface area contributed by atoms with Crippen molar-refractivity contribution < 1.29 is 14.1 Å². The van der Waals surface area contributed by atoms with Gasteiger partial charge >= 0.3 is 0 Å². The van der Waals surface area contributed by atoms with Crippen LogP contribution in [0.25, 0.3) is 11.0 Å². The van der Waals surface area contributed by atoms with Crippen LogP contribution in [0.15, 0.2) is 52.9 Å². The number of benzene rings is 2. The Hall–Kier alpha value is -2.66. The Morgan fingerprint density at radius 3 is 2.68 bits per heavy atom. The molecule has 0 saturated heterocycles. The summed E-state index contributed by atoms with van der Waals surface area (Å²) in [6.45, 7) is 2.01. The van der Waals surface area contributed by atoms with Crippen LogP contribution in [0.3, 0.4) is 0 Å². The van der Waals surface area contributed by atoms with Crippen LogP contribution in [0.1, 0.15) is 23.0 Å². The number of nitrogens with zero attached hydrogens (tertiary/aromatic N) is 1. The quantitative estimate of drug-likeness (QED) is 0.529. The van der Waals surface area contributed by atoms with Gasteiger partial charge in [0.25, 0.3) is 5.69 Å². The van der Waals surface area contributed by atoms with Gasteiger partial charge in [-0.25, -0.2) is 0 Å². The van der Waals surface area contributed by atoms with Crippen molar-refractivity contribution in [2.24, 2.45) is 0 Å². The van der Waals surface area contributed by atoms with Gasteiger partial charge in [0.05, 0.1) is 4.92 Å². The van der Waals surface area contributed by atoms with Gasteiger partial charge in [-0.15, -0.1) is 0 Å². The number of hydrogen-bond acceptors (Lipinski definition) is 4. The molecule has 5 heteroatoms. The molecule has 112 valence electrons. The van der Waals surface area contributed by atoms with Crippen LogP contribution in [-0.4, -0.2) is 12.0 Å². The fourth-order valence-electron chi connectivity index (χ4n) is 2.54. The van der Waals surface area contributed by atoms with Crippen molar-refractivity contribution in [2.75, 3.05) is 7.11 Å². The number of rotatable bonds is 4. The number of non-ortho nitro benzene ring substituents is 1. The van der Waals surface area contributed by atoms with E-state index in [9.17, 15) is 10.1 Å². The minimum Gasteiger partial charge on any atom is -0.458 e. The van der Waals surface area contributed by atoms with Gasteiger partial charge in [0.1, 0.15) is 17.4 Å². The molecule has 0 N–H and O–H groups in total. The van der Waals surface area contributed by atoms with Crippen molar-refractivity contribution in [1.29, 1.82) is 0 Å². The summed E-state index contributed by atoms with van der Waals surface area (Å²) in [6.07, 6.45) is -0.341. The Morgan fingerprint density at radius 2 is 2.00 bits per heavy atom. The van der Waals surface area contributed by atoms with E-state index in [2.05, 4.69) is 0 Å². The molecule has 1 heterocycles. The Morgan fingerprint density at radius 1 is 1.18 bits per heavy atom. The topological polar surface area (TPSA) is 65.5 Å². The van der Waals surface area contributed by atoms with Gasteiger partial charge in [0.2, 0.25) is 0 Å². The van der Waals surface area contributed by atoms with Crippen molar-refractivity contribution in [2.45, 2.75) is 13.0 Å². The number of nitro groups is 1. The predicted octanol–water partition coefficient (Wildman–Crippen LogP) is 4.39. The molecule has 0 radical (unpaired) electrons. The highest BCUT2D eigenvalue weighted by Gasteiger charge is 2.19. The maximum absolute atomic E-state index is 10.9. The third kappa shape index (κ3) is 2.58. The molecule has 0 aliphatic heterocycles. The van der Waals surface area contributed by atoms with E-state index in [1.165, 1.54) is 12.1 Å². The van der Waals surface area contributed by atoms with Crippen molar-refractivity contribution >= 4 is 16.7 Å². The van der Waals surface area contributed by atoms with Crippen molar-refractivity contribution in [3.8, 4) is 0 Å². The number of fused-ring (bicyclic) bond motifs is 1. The zero-order chi connectivity index (χ0) is 15.7. The highest BCUT2D eigenvalue weighted by molar-refractivity contribution is 5.80. The van der Waals surface area contributed by atoms with Crippen molar-refractivity contribution in [3.63, 3.8) is 0 Å². The average molecular weight is 297 g/mol. The molecule has 0 bridgehead atoms. The number of ether oxygens (including phenoxy) is 1. The molecule has 5 nitrogen and oxygen atoms in total. The molecular weight excluding hydrogens is 282 g/mol. The minimum atomic E-state index is -0.416. The monoisotopic (exact) mass is 297 g/mol. The lowest BCUT2D eigenvalue weighted by atomic mass is 10.0. The molecule has 3 rings (SSSR count). The van der Waals surface area contributed by atoms with E-state index in [1.807, 2.05) is 31.2 Å². The highest BCUT2D eigenvalue weighted by atomic mass is 16.6. The van der Waals surface area contributed by atoms with E-state index < -0.39 is 4.92 Å². The summed E-state index contributed by atoms with van der Waals surface area (Å²) in [5.74, 6) is 0.628. The Balaban J connectivity index is 2.05. The molecule has 2 aromatic carbocycles. The second-order valence-electron chi connectivity index (χ2n) is 5.16. The normalized spacial score (nSPS) is 12.5. The van der Waals surface area contributed by atoms with E-state index in [1.54, 1.807) is 19.2 Å². The second-order valence-corrected chi connectivity index (χ2v) is 5.16. The average Bonchev–Trinajstić information content (AvgIpc) is 2.90. The summed E-state index contributed by atoms with van der Waals surface area (Å²) in [4.78, 5) is 10.4. The molecule has 1 aromatic heterocycles. The first-order valence-corrected chi connectivity index (χ1v) is 6.86. The summed E-state index contributed by atoms with van der Waals surface area (Å²) in [6, 6.07) is 14.3. The van der Waals surface area contributed by atoms with Crippen molar-refractivity contribution in [3.05, 3.63) is 75.5 Å². The molecule has 1 unspecified atom stereocenters. The SMILES string of the molecule is COC(c1cccc(C)c1)c1cc2cc([N+](=O)[O-])ccc2o1. The molecule has 3 aromatic rings. The van der Waals surface area contributed by atoms with Gasteiger partial charge in [0.15, 0.2) is 0 Å². The summed E-state index contributed by atoms with van der Waals surface area (Å²) in [7, 11) is 1.61. The smallest absolute Gasteiger partial charge is 0.270 e. The standard InChI is InChI=1S/C17H15NO4/c1-11-4-3-5-12(8-11)17(21-2)16-10-13-9-14(18(19)20)6-7-15(13)22-16/h3-10,17H,1-2H3. The largest absolute Gasteiger partial charge is 0.458 e. The summed E-state index contributed by atoms with van der Waals surface area (Å²) in [5.41, 5.74) is 2.77. The second kappa shape index (κ2) is 5.61. The Labute approximate surface area is 127 Å². The van der Waals surface area contributed by atoms with Gasteiger partial charge in [-0.3, -0.25) is 10.1 Å². The Kier molecular flexibility index (Phi) is 3.65. The minimum absolute atomic E-state index is 0.0457. The van der Waals surface area contributed by atoms with E-state index in [-0.39, 0.29) is 11.8 Å². The van der Waals surface area contributed by atoms with Crippen LogP contribution in [0.5, 0.6) is 0 Å². The third-order valence-electron chi connectivity index (χ3n) is 3.57. The summed E-state index contributed by atoms with van der Waals surface area (Å²) in [5, 5.41) is 11.5. The van der Waals surface area contributed by atoms with Gasteiger partial charge in [-0.05, 0) is 24.6 Å². The first kappa shape index (κ1) is 14.3. The van der Waals surface area contributed by atoms with Crippen LogP contribution >= 0.6 is 0 Å². The van der Waals surface area contributed by atoms with Crippen LogP contribution in [0.4, 0.5) is 5.69 Å². The fourth-order valence-corrected chi connectivity index (χ4v) is 2.54. The molecule has 0 aliphatic rings. The molecule has 0 fully saturated rings. The van der Waals surface area contributed by atoms with Gasteiger partial charge < -0.3 is 9.15 Å². The highest BCUT2D eigenvalue weighted by Crippen LogP contribution is 2.32. The lowest BCUT2D eigenvalue weighted by Crippen LogP contribution is -2.02. The van der Waals surface area contributed by atoms with Crippen LogP contribution < -0.4 is 0 Å². The zero-order valence-electron chi connectivity index (χ0n) is 12.3. The predicted molar refractivity (Wildman–Crippen MR) is 82.9 cm³/mol. The molecular formula is C17H15NO4. The number of nitro benzene ring substituents is 1. The van der Waals surface area contributed by atoms with E-state index in [4.69, 9.17) is 9.15 Å². The Bertz CT molecular complexity index is 838. The van der Waals surface area contributed by atoms with Crippen LogP contribution in [0.2, 0.25) is 0 Å². The maximum atomic E-state index is 10.9. The zero-order valence-corrected chi connectivity index (χ0v) is 12.3. The maximum Gasteiger partial charge on any atom is 0.270 e. The molecule has 0 amide bonds. The lowest BCUT2D eigenvalue weighted by Gasteiger charge is -2.13. The fraction of sp³-hybridized carbons (Fsp3) is 0.176. The van der Waals surface area contributed by atoms with Gasteiger partial charge in [-0.1, -0.05) is 29.8 Å². The number of furan rings is 1. The molecule has 22 heavy (non-hydrogen) atoms. The van der Waals surface area contributed by atoms with Crippen LogP contribution in [0, 0.1) is 17.0 Å².